The van der Waals surface area contributed by atoms with Gasteiger partial charge in [-0.3, -0.25) is 4.99 Å². The Morgan fingerprint density at radius 3 is 3.00 bits per heavy atom. The predicted molar refractivity (Wildman–Crippen MR) is 81.0 cm³/mol. The lowest BCUT2D eigenvalue weighted by molar-refractivity contribution is 0.215. The van der Waals surface area contributed by atoms with Crippen molar-refractivity contribution in [1.29, 1.82) is 0 Å². The summed E-state index contributed by atoms with van der Waals surface area (Å²) in [5.74, 6) is 2.42. The fraction of sp³-hybridized carbons (Fsp3) is 0.611. The van der Waals surface area contributed by atoms with Gasteiger partial charge < -0.3 is 4.42 Å². The molecule has 0 aliphatic heterocycles. The van der Waals surface area contributed by atoms with Gasteiger partial charge in [0, 0.05) is 5.92 Å². The third-order valence-corrected chi connectivity index (χ3v) is 5.49. The van der Waals surface area contributed by atoms with E-state index < -0.39 is 0 Å². The van der Waals surface area contributed by atoms with Gasteiger partial charge in [0.15, 0.2) is 0 Å². The summed E-state index contributed by atoms with van der Waals surface area (Å²) in [7, 11) is 0. The number of rotatable bonds is 2. The van der Waals surface area contributed by atoms with E-state index in [4.69, 9.17) is 9.41 Å². The van der Waals surface area contributed by atoms with Crippen LogP contribution in [0.4, 0.5) is 0 Å². The normalized spacial score (nSPS) is 33.5. The summed E-state index contributed by atoms with van der Waals surface area (Å²) in [6, 6.07) is 4.45. The van der Waals surface area contributed by atoms with Crippen molar-refractivity contribution in [3.63, 3.8) is 0 Å². The van der Waals surface area contributed by atoms with E-state index in [-0.39, 0.29) is 0 Å². The molecule has 1 fully saturated rings. The first kappa shape index (κ1) is 12.4. The molecule has 0 radical (unpaired) electrons. The summed E-state index contributed by atoms with van der Waals surface area (Å²) < 4.78 is 5.39. The third kappa shape index (κ3) is 2.15. The van der Waals surface area contributed by atoms with Crippen LogP contribution in [0, 0.1) is 11.8 Å². The van der Waals surface area contributed by atoms with E-state index in [2.05, 4.69) is 0 Å². The van der Waals surface area contributed by atoms with Crippen LogP contribution in [0.15, 0.2) is 39.0 Å². The van der Waals surface area contributed by atoms with Gasteiger partial charge in [-0.1, -0.05) is 17.6 Å². The molecule has 2 heteroatoms. The van der Waals surface area contributed by atoms with E-state index in [9.17, 15) is 0 Å². The van der Waals surface area contributed by atoms with Gasteiger partial charge in [0.05, 0.1) is 18.5 Å². The highest BCUT2D eigenvalue weighted by Crippen LogP contribution is 2.49. The van der Waals surface area contributed by atoms with Crippen LogP contribution in [0.5, 0.6) is 0 Å². The fourth-order valence-corrected chi connectivity index (χ4v) is 4.61. The molecule has 1 aromatic heterocycles. The van der Waals surface area contributed by atoms with Crippen LogP contribution in [-0.4, -0.2) is 12.3 Å². The molecule has 2 nitrogen and oxygen atoms in total. The van der Waals surface area contributed by atoms with E-state index in [1.54, 1.807) is 11.8 Å². The minimum absolute atomic E-state index is 0.519. The Labute approximate surface area is 121 Å². The second kappa shape index (κ2) is 5.23. The van der Waals surface area contributed by atoms with Gasteiger partial charge in [-0.25, -0.2) is 0 Å². The highest BCUT2D eigenvalue weighted by molar-refractivity contribution is 5.75. The summed E-state index contributed by atoms with van der Waals surface area (Å²) in [5.41, 5.74) is 3.61. The van der Waals surface area contributed by atoms with Crippen molar-refractivity contribution in [2.45, 2.75) is 57.4 Å². The van der Waals surface area contributed by atoms with Gasteiger partial charge in [-0.2, -0.15) is 0 Å². The fourth-order valence-electron chi connectivity index (χ4n) is 4.61. The number of allylic oxidation sites excluding steroid dienone is 1. The molecule has 0 saturated heterocycles. The number of aliphatic imine (C=N–C) groups is 1. The topological polar surface area (TPSA) is 25.5 Å². The molecule has 3 aliphatic rings. The zero-order valence-corrected chi connectivity index (χ0v) is 12.1. The molecule has 0 aromatic carbocycles. The number of hydrogen-bond acceptors (Lipinski definition) is 2. The van der Waals surface area contributed by atoms with Crippen LogP contribution < -0.4 is 0 Å². The Morgan fingerprint density at radius 2 is 2.10 bits per heavy atom. The molecule has 0 N–H and O–H groups in total. The molecule has 0 unspecified atom stereocenters. The lowest BCUT2D eigenvalue weighted by Crippen LogP contribution is -2.38. The second-order valence-corrected chi connectivity index (χ2v) is 6.62. The molecule has 0 spiro atoms. The number of fused-ring (bicyclic) bond motifs is 3. The van der Waals surface area contributed by atoms with Gasteiger partial charge in [0.25, 0.3) is 0 Å². The van der Waals surface area contributed by atoms with E-state index in [1.807, 2.05) is 23.9 Å². The summed E-state index contributed by atoms with van der Waals surface area (Å²) in [6.07, 6.45) is 14.7. The van der Waals surface area contributed by atoms with E-state index in [0.29, 0.717) is 6.04 Å². The number of furan rings is 1. The van der Waals surface area contributed by atoms with Crippen LogP contribution in [0.1, 0.15) is 57.1 Å². The van der Waals surface area contributed by atoms with Gasteiger partial charge in [0.2, 0.25) is 0 Å². The van der Waals surface area contributed by atoms with Crippen molar-refractivity contribution in [3.8, 4) is 0 Å². The molecule has 3 aliphatic carbocycles. The third-order valence-electron chi connectivity index (χ3n) is 5.49. The van der Waals surface area contributed by atoms with Crippen molar-refractivity contribution >= 4 is 6.21 Å². The van der Waals surface area contributed by atoms with Crippen molar-refractivity contribution in [3.05, 3.63) is 35.3 Å². The highest BCUT2D eigenvalue weighted by atomic mass is 16.3. The molecule has 1 heterocycles. The Hall–Kier alpha value is -1.31. The minimum Gasteiger partial charge on any atom is -0.463 e. The molecule has 1 aromatic rings. The molecule has 20 heavy (non-hydrogen) atoms. The first-order valence-corrected chi connectivity index (χ1v) is 8.19. The molecule has 4 rings (SSSR count). The lowest BCUT2D eigenvalue weighted by atomic mass is 9.63. The maximum atomic E-state index is 5.39. The molecule has 0 amide bonds. The van der Waals surface area contributed by atoms with Gasteiger partial charge in [0.1, 0.15) is 5.76 Å². The maximum absolute atomic E-state index is 5.39. The monoisotopic (exact) mass is 269 g/mol. The van der Waals surface area contributed by atoms with Gasteiger partial charge >= 0.3 is 0 Å². The minimum atomic E-state index is 0.519. The first-order valence-electron chi connectivity index (χ1n) is 8.19. The Bertz CT molecular complexity index is 526. The van der Waals surface area contributed by atoms with E-state index in [1.165, 1.54) is 51.4 Å². The average Bonchev–Trinajstić information content (AvgIpc) is 2.98. The van der Waals surface area contributed by atoms with Crippen molar-refractivity contribution in [1.82, 2.24) is 0 Å². The Balaban J connectivity index is 1.62. The van der Waals surface area contributed by atoms with Crippen molar-refractivity contribution in [2.24, 2.45) is 16.8 Å². The van der Waals surface area contributed by atoms with Crippen LogP contribution in [0.2, 0.25) is 0 Å². The lowest BCUT2D eigenvalue weighted by Gasteiger charge is -2.44. The Morgan fingerprint density at radius 1 is 1.15 bits per heavy atom. The summed E-state index contributed by atoms with van der Waals surface area (Å²) in [4.78, 5) is 4.95. The summed E-state index contributed by atoms with van der Waals surface area (Å²) in [5, 5.41) is 0. The summed E-state index contributed by atoms with van der Waals surface area (Å²) >= 11 is 0. The highest BCUT2D eigenvalue weighted by Gasteiger charge is 2.40. The van der Waals surface area contributed by atoms with Crippen LogP contribution >= 0.6 is 0 Å². The van der Waals surface area contributed by atoms with Gasteiger partial charge in [-0.15, -0.1) is 0 Å². The van der Waals surface area contributed by atoms with E-state index >= 15 is 0 Å². The van der Waals surface area contributed by atoms with Crippen molar-refractivity contribution in [2.75, 3.05) is 0 Å². The predicted octanol–water partition coefficient (Wildman–Crippen LogP) is 4.76. The Kier molecular flexibility index (Phi) is 3.25. The average molecular weight is 269 g/mol. The zero-order valence-electron chi connectivity index (χ0n) is 12.1. The molecule has 2 bridgehead atoms. The molecular weight excluding hydrogens is 246 g/mol. The number of hydrogen-bond donors (Lipinski definition) is 0. The second-order valence-electron chi connectivity index (χ2n) is 6.62. The quantitative estimate of drug-likeness (QED) is 0.561. The van der Waals surface area contributed by atoms with Gasteiger partial charge in [-0.05, 0) is 63.0 Å². The SMILES string of the molecule is C(=N[C@@H]1[C@H]2CCC[C@H]1C1=C(CCCC1)C2)c1ccco1. The summed E-state index contributed by atoms with van der Waals surface area (Å²) in [6.45, 7) is 0. The first-order chi connectivity index (χ1) is 9.92. The molecule has 106 valence electrons. The number of nitrogens with zero attached hydrogens (tertiary/aromatic N) is 1. The van der Waals surface area contributed by atoms with Crippen LogP contribution in [0.3, 0.4) is 0 Å². The van der Waals surface area contributed by atoms with Crippen LogP contribution in [-0.2, 0) is 0 Å². The smallest absolute Gasteiger partial charge is 0.144 e. The standard InChI is InChI=1S/C18H23NO/c1-2-8-16-13(5-1)11-14-6-3-9-17(16)18(14)19-12-15-7-4-10-20-15/h4,7,10,12,14,17-18H,1-3,5-6,8-9,11H2/t14-,17-,18+/m0/s1. The van der Waals surface area contributed by atoms with Crippen LogP contribution in [0.25, 0.3) is 0 Å². The van der Waals surface area contributed by atoms with E-state index in [0.717, 1.165) is 17.6 Å². The zero-order chi connectivity index (χ0) is 13.4. The maximum Gasteiger partial charge on any atom is 0.144 e. The van der Waals surface area contributed by atoms with Crippen molar-refractivity contribution < 1.29 is 4.42 Å². The largest absolute Gasteiger partial charge is 0.463 e. The molecule has 3 atom stereocenters. The molecule has 1 saturated carbocycles. The molecular formula is C18H23NO.